The van der Waals surface area contributed by atoms with E-state index in [1.54, 1.807) is 17.1 Å². The smallest absolute Gasteiger partial charge is 0.362 e. The predicted molar refractivity (Wildman–Crippen MR) is 156 cm³/mol. The van der Waals surface area contributed by atoms with Crippen molar-refractivity contribution in [2.75, 3.05) is 39.0 Å². The number of fused-ring (bicyclic) bond motifs is 1. The number of allylic oxidation sites excluding steroid dienone is 3. The zero-order valence-electron chi connectivity index (χ0n) is 23.3. The molecule has 1 fully saturated rings. The molecule has 2 heterocycles. The van der Waals surface area contributed by atoms with Gasteiger partial charge in [0.05, 0.1) is 17.3 Å². The number of carbonyl (C=O) groups is 2. The first kappa shape index (κ1) is 34.8. The van der Waals surface area contributed by atoms with E-state index in [0.29, 0.717) is 32.4 Å². The zero-order valence-corrected chi connectivity index (χ0v) is 25.8. The van der Waals surface area contributed by atoms with Crippen LogP contribution < -0.4 is 9.47 Å². The largest absolute Gasteiger partial charge is 0.480 e. The lowest BCUT2D eigenvalue weighted by Crippen LogP contribution is -2.37. The van der Waals surface area contributed by atoms with Crippen molar-refractivity contribution in [1.29, 1.82) is 0 Å². The molecule has 0 radical (unpaired) electrons. The Morgan fingerprint density at radius 2 is 1.58 bits per heavy atom. The van der Waals surface area contributed by atoms with Crippen LogP contribution in [0.3, 0.4) is 0 Å². The topological polar surface area (TPSA) is 202 Å². The molecule has 17 heteroatoms. The van der Waals surface area contributed by atoms with Gasteiger partial charge >= 0.3 is 21.2 Å². The van der Waals surface area contributed by atoms with Gasteiger partial charge in [-0.15, -0.1) is 0 Å². The number of ether oxygens (including phenoxy) is 3. The maximum Gasteiger partial charge on any atom is 0.362 e. The minimum absolute atomic E-state index is 0.0285. The Kier molecular flexibility index (Phi) is 13.3. The molecule has 0 saturated carbocycles. The summed E-state index contributed by atoms with van der Waals surface area (Å²) in [5.41, 5.74) is -0.123. The summed E-state index contributed by atoms with van der Waals surface area (Å²) in [6, 6.07) is 0.997. The lowest BCUT2D eigenvalue weighted by atomic mass is 9.99. The van der Waals surface area contributed by atoms with Crippen LogP contribution in [0.15, 0.2) is 35.5 Å². The van der Waals surface area contributed by atoms with Gasteiger partial charge in [-0.05, 0) is 50.2 Å². The summed E-state index contributed by atoms with van der Waals surface area (Å²) in [7, 11) is -9.41. The van der Waals surface area contributed by atoms with Crippen LogP contribution >= 0.6 is 26.8 Å². The van der Waals surface area contributed by atoms with Gasteiger partial charge in [0, 0.05) is 25.6 Å². The molecule has 0 unspecified atom stereocenters. The summed E-state index contributed by atoms with van der Waals surface area (Å²) in [5.74, 6) is -1.90. The van der Waals surface area contributed by atoms with E-state index in [4.69, 9.17) is 30.6 Å². The number of nitrogens with zero attached hydrogens (tertiary/aromatic N) is 2. The van der Waals surface area contributed by atoms with Crippen molar-refractivity contribution in [2.24, 2.45) is 5.16 Å². The Balaban J connectivity index is 2.06. The fourth-order valence-corrected chi connectivity index (χ4v) is 5.11. The van der Waals surface area contributed by atoms with Gasteiger partial charge in [-0.2, -0.15) is 0 Å². The number of esters is 1. The maximum absolute atomic E-state index is 13.3. The summed E-state index contributed by atoms with van der Waals surface area (Å²) >= 11 is 6.60. The number of cyclic esters (lactones) is 1. The van der Waals surface area contributed by atoms with Gasteiger partial charge in [0.25, 0.3) is 5.91 Å². The molecule has 1 aromatic rings. The molecule has 238 valence electrons. The number of rotatable bonds is 9. The van der Waals surface area contributed by atoms with E-state index in [-0.39, 0.29) is 53.2 Å². The molecule has 14 nitrogen and oxygen atoms in total. The molecule has 3 rings (SSSR count). The van der Waals surface area contributed by atoms with E-state index < -0.39 is 39.6 Å². The summed E-state index contributed by atoms with van der Waals surface area (Å²) < 4.78 is 39.0. The van der Waals surface area contributed by atoms with Crippen molar-refractivity contribution in [3.05, 3.63) is 46.5 Å². The molecule has 1 aromatic carbocycles. The van der Waals surface area contributed by atoms with Crippen LogP contribution in [-0.2, 0) is 29.9 Å². The molecule has 0 aromatic heterocycles. The minimum atomic E-state index is -4.73. The lowest BCUT2D eigenvalue weighted by molar-refractivity contribution is -0.137. The van der Waals surface area contributed by atoms with Crippen LogP contribution in [0.1, 0.15) is 54.4 Å². The highest BCUT2D eigenvalue weighted by Gasteiger charge is 2.29. The molecule has 2 aliphatic rings. The predicted octanol–water partition coefficient (Wildman–Crippen LogP) is 3.75. The zero-order chi connectivity index (χ0) is 31.5. The van der Waals surface area contributed by atoms with E-state index in [0.717, 1.165) is 25.3 Å². The number of hydrogen-bond donors (Lipinski definition) is 4. The third-order valence-corrected chi connectivity index (χ3v) is 7.55. The van der Waals surface area contributed by atoms with Gasteiger partial charge in [-0.25, -0.2) is 4.79 Å². The second kappa shape index (κ2) is 16.4. The highest BCUT2D eigenvalue weighted by atomic mass is 35.5. The Morgan fingerprint density at radius 1 is 0.953 bits per heavy atom. The van der Waals surface area contributed by atoms with Gasteiger partial charge in [-0.3, -0.25) is 13.9 Å². The Morgan fingerprint density at radius 3 is 2.26 bits per heavy atom. The number of likely N-dealkylation sites (tertiary alicyclic amines) is 1. The molecule has 0 bridgehead atoms. The average molecular weight is 665 g/mol. The molecule has 0 spiro atoms. The molecular formula is C26H35ClN2O12P2. The van der Waals surface area contributed by atoms with Crippen LogP contribution in [0.4, 0.5) is 0 Å². The quantitative estimate of drug-likeness (QED) is 0.129. The van der Waals surface area contributed by atoms with Crippen LogP contribution in [0.2, 0.25) is 5.02 Å². The second-order valence-corrected chi connectivity index (χ2v) is 13.3. The average Bonchev–Trinajstić information content (AvgIpc) is 2.94. The van der Waals surface area contributed by atoms with Crippen molar-refractivity contribution in [2.45, 2.75) is 44.9 Å². The summed E-state index contributed by atoms with van der Waals surface area (Å²) in [6.45, 7) is 0.905. The number of oxime groups is 1. The number of benzene rings is 1. The highest BCUT2D eigenvalue weighted by molar-refractivity contribution is 7.51. The summed E-state index contributed by atoms with van der Waals surface area (Å²) in [6.07, 6.45) is 9.26. The van der Waals surface area contributed by atoms with Crippen molar-refractivity contribution in [3.63, 3.8) is 0 Å². The fourth-order valence-electron chi connectivity index (χ4n) is 4.22. The van der Waals surface area contributed by atoms with Gasteiger partial charge in [0.2, 0.25) is 0 Å². The first-order valence-corrected chi connectivity index (χ1v) is 17.5. The SMILES string of the molecule is O=C1OCC/C=C/CC/C=C/C(=N\OCC(=O)N2CCCCC2)Cc2c(Cl)c(OCP(=O)(O)O)cc(OCP(=O)(O)O)c21. The van der Waals surface area contributed by atoms with Crippen LogP contribution in [0.5, 0.6) is 11.5 Å². The number of halogens is 1. The standard InChI is InChI=1S/C26H35ClN2O12P2/c27-25-20-14-19(28-41-16-23(30)29-11-7-5-8-12-29)10-6-3-1-2-4-9-13-38-26(31)24(20)21(39-17-42(32,33)34)15-22(25)40-18-43(35,36)37/h2,4,6,10,15H,1,3,5,7-9,11-14,16-18H2,(H2,32,33,34)(H2,35,36,37)/b4-2+,10-6+,28-19+. The second-order valence-electron chi connectivity index (χ2n) is 9.77. The lowest BCUT2D eigenvalue weighted by Gasteiger charge is -2.26. The number of amides is 1. The van der Waals surface area contributed by atoms with E-state index in [1.165, 1.54) is 0 Å². The monoisotopic (exact) mass is 664 g/mol. The highest BCUT2D eigenvalue weighted by Crippen LogP contribution is 2.43. The number of piperidine rings is 1. The van der Waals surface area contributed by atoms with Gasteiger partial charge < -0.3 is 43.5 Å². The maximum atomic E-state index is 13.3. The van der Waals surface area contributed by atoms with E-state index >= 15 is 0 Å². The molecular weight excluding hydrogens is 630 g/mol. The van der Waals surface area contributed by atoms with E-state index in [2.05, 4.69) is 5.16 Å². The van der Waals surface area contributed by atoms with E-state index in [1.807, 2.05) is 12.2 Å². The Bertz CT molecular complexity index is 1330. The van der Waals surface area contributed by atoms with Crippen molar-refractivity contribution in [1.82, 2.24) is 4.90 Å². The van der Waals surface area contributed by atoms with Crippen molar-refractivity contribution in [3.8, 4) is 11.5 Å². The van der Waals surface area contributed by atoms with Gasteiger partial charge in [0.1, 0.15) is 17.1 Å². The number of carbonyl (C=O) groups excluding carboxylic acids is 2. The Hall–Kier alpha value is -2.70. The molecule has 1 amide bonds. The first-order valence-electron chi connectivity index (χ1n) is 13.5. The summed E-state index contributed by atoms with van der Waals surface area (Å²) in [4.78, 5) is 70.4. The van der Waals surface area contributed by atoms with Crippen LogP contribution in [-0.4, -0.2) is 81.1 Å². The number of hydrogen-bond acceptors (Lipinski definition) is 9. The van der Waals surface area contributed by atoms with Crippen LogP contribution in [0.25, 0.3) is 0 Å². The molecule has 1 saturated heterocycles. The molecule has 0 aliphatic carbocycles. The molecule has 0 atom stereocenters. The Labute approximate surface area is 253 Å². The van der Waals surface area contributed by atoms with Crippen molar-refractivity contribution < 1.29 is 57.3 Å². The summed E-state index contributed by atoms with van der Waals surface area (Å²) in [5, 5.41) is 3.86. The van der Waals surface area contributed by atoms with Gasteiger partial charge in [0.15, 0.2) is 19.3 Å². The fraction of sp³-hybridized carbons (Fsp3) is 0.500. The third kappa shape index (κ3) is 12.1. The minimum Gasteiger partial charge on any atom is -0.480 e. The van der Waals surface area contributed by atoms with E-state index in [9.17, 15) is 38.3 Å². The van der Waals surface area contributed by atoms with Crippen molar-refractivity contribution >= 4 is 44.4 Å². The molecule has 2 aliphatic heterocycles. The first-order chi connectivity index (χ1) is 20.3. The van der Waals surface area contributed by atoms with Gasteiger partial charge in [-0.1, -0.05) is 35.0 Å². The molecule has 4 N–H and O–H groups in total. The molecule has 43 heavy (non-hydrogen) atoms. The van der Waals surface area contributed by atoms with Crippen LogP contribution in [0, 0.1) is 0 Å². The normalized spacial score (nSPS) is 19.5. The third-order valence-electron chi connectivity index (χ3n) is 6.20.